The van der Waals surface area contributed by atoms with Crippen molar-refractivity contribution < 1.29 is 42.2 Å². The van der Waals surface area contributed by atoms with E-state index in [1.165, 1.54) is 4.90 Å². The SMILES string of the molecule is CC[C@@H]1C[C@H](C)CC/C=C\[C@@H]2C[C@@]2(C(=O)NS(=O)(=O)C2(C)CC2)NC(=O)[C@@H]2C[C@@H](Oc3nc4c(c5ccccc35)OCCC4)CN2C(=O)[C@H]1NC(=O)O. The third-order valence-electron chi connectivity index (χ3n) is 11.9. The van der Waals surface area contributed by atoms with Crippen LogP contribution in [0.2, 0.25) is 0 Å². The summed E-state index contributed by atoms with van der Waals surface area (Å²) in [6.45, 7) is 6.10. The van der Waals surface area contributed by atoms with Crippen LogP contribution < -0.4 is 24.8 Å². The number of carbonyl (C=O) groups is 4. The van der Waals surface area contributed by atoms with Crippen molar-refractivity contribution in [3.05, 3.63) is 42.1 Å². The molecule has 0 spiro atoms. The molecule has 2 saturated carbocycles. The van der Waals surface area contributed by atoms with Gasteiger partial charge in [0, 0.05) is 23.1 Å². The van der Waals surface area contributed by atoms with Crippen LogP contribution in [-0.4, -0.2) is 88.8 Å². The van der Waals surface area contributed by atoms with Crippen LogP contribution in [0, 0.1) is 17.8 Å². The van der Waals surface area contributed by atoms with E-state index in [-0.39, 0.29) is 31.2 Å². The van der Waals surface area contributed by atoms with E-state index < -0.39 is 68.2 Å². The van der Waals surface area contributed by atoms with Gasteiger partial charge in [0.05, 0.1) is 23.6 Å². The number of carboxylic acid groups (broad SMARTS) is 1. The molecule has 2 aromatic rings. The molecule has 5 aliphatic rings. The average Bonchev–Trinajstić information content (AvgIpc) is 4.01. The molecule has 4 amide bonds. The molecule has 4 N–H and O–H groups in total. The molecule has 7 rings (SSSR count). The van der Waals surface area contributed by atoms with E-state index in [0.29, 0.717) is 62.1 Å². The monoisotopic (exact) mass is 751 g/mol. The molecule has 53 heavy (non-hydrogen) atoms. The second-order valence-corrected chi connectivity index (χ2v) is 18.0. The summed E-state index contributed by atoms with van der Waals surface area (Å²) in [6.07, 6.45) is 6.84. The summed E-state index contributed by atoms with van der Waals surface area (Å²) in [6, 6.07) is 5.30. The van der Waals surface area contributed by atoms with E-state index in [9.17, 15) is 32.7 Å². The van der Waals surface area contributed by atoms with Gasteiger partial charge in [-0.05, 0) is 76.2 Å². The van der Waals surface area contributed by atoms with E-state index in [0.717, 1.165) is 23.9 Å². The van der Waals surface area contributed by atoms with Crippen molar-refractivity contribution >= 4 is 44.6 Å². The molecular weight excluding hydrogens is 703 g/mol. The Balaban J connectivity index is 1.24. The molecule has 7 atom stereocenters. The van der Waals surface area contributed by atoms with Gasteiger partial charge in [0.2, 0.25) is 27.7 Å². The highest BCUT2D eigenvalue weighted by Gasteiger charge is 2.63. The Morgan fingerprint density at radius 3 is 2.64 bits per heavy atom. The van der Waals surface area contributed by atoms with Crippen molar-refractivity contribution in [1.82, 2.24) is 25.2 Å². The number of hydrogen-bond acceptors (Lipinski definition) is 9. The second-order valence-electron chi connectivity index (χ2n) is 15.8. The van der Waals surface area contributed by atoms with Crippen molar-refractivity contribution in [2.45, 2.75) is 113 Å². The number of hydrogen-bond donors (Lipinski definition) is 4. The number of allylic oxidation sites excluding steroid dienone is 1. The van der Waals surface area contributed by atoms with E-state index in [2.05, 4.69) is 22.3 Å². The van der Waals surface area contributed by atoms with Crippen LogP contribution in [0.25, 0.3) is 10.8 Å². The molecule has 1 aromatic heterocycles. The lowest BCUT2D eigenvalue weighted by molar-refractivity contribution is -0.142. The second kappa shape index (κ2) is 14.1. The molecule has 1 aromatic carbocycles. The topological polar surface area (TPSA) is 193 Å². The van der Waals surface area contributed by atoms with Gasteiger partial charge in [-0.25, -0.2) is 18.2 Å². The maximum Gasteiger partial charge on any atom is 0.405 e. The summed E-state index contributed by atoms with van der Waals surface area (Å²) in [5.74, 6) is -1.63. The van der Waals surface area contributed by atoms with Gasteiger partial charge < -0.3 is 30.1 Å². The Kier molecular flexibility index (Phi) is 9.83. The minimum Gasteiger partial charge on any atom is -0.491 e. The zero-order valence-corrected chi connectivity index (χ0v) is 31.2. The van der Waals surface area contributed by atoms with Crippen molar-refractivity contribution in [2.24, 2.45) is 17.8 Å². The molecule has 14 nitrogen and oxygen atoms in total. The standard InChI is InChI=1S/C38H49N5O9S/c1-4-23-18-22(2)10-5-6-11-24-20-38(24,35(46)42-53(49,50)37(3)15-16-37)41-32(44)29-19-25(21-43(29)34(45)30(23)40-36(47)48)52-33-27-13-8-7-12-26(27)31-28(39-33)14-9-17-51-31/h6-8,11-13,22-25,29-30,40H,4-5,9-10,14-21H2,1-3H3,(H,41,44)(H,42,46)(H,47,48)/b11-6-/t22-,23-,24-,25-,29+,30+,38-/m1/s1. The van der Waals surface area contributed by atoms with Gasteiger partial charge >= 0.3 is 6.09 Å². The first-order valence-electron chi connectivity index (χ1n) is 18.8. The number of aromatic nitrogens is 1. The van der Waals surface area contributed by atoms with Gasteiger partial charge in [-0.1, -0.05) is 50.6 Å². The fourth-order valence-corrected chi connectivity index (χ4v) is 9.51. The number of sulfonamides is 1. The van der Waals surface area contributed by atoms with Crippen LogP contribution >= 0.6 is 0 Å². The molecule has 0 radical (unpaired) electrons. The van der Waals surface area contributed by atoms with E-state index in [4.69, 9.17) is 14.5 Å². The number of rotatable bonds is 7. The first-order chi connectivity index (χ1) is 25.2. The van der Waals surface area contributed by atoms with Crippen molar-refractivity contribution in [3.63, 3.8) is 0 Å². The molecule has 286 valence electrons. The van der Waals surface area contributed by atoms with Gasteiger partial charge in [-0.3, -0.25) is 19.1 Å². The fourth-order valence-electron chi connectivity index (χ4n) is 8.20. The smallest absolute Gasteiger partial charge is 0.405 e. The summed E-state index contributed by atoms with van der Waals surface area (Å²) >= 11 is 0. The molecule has 15 heteroatoms. The Morgan fingerprint density at radius 1 is 1.17 bits per heavy atom. The number of carbonyl (C=O) groups excluding carboxylic acids is 3. The quantitative estimate of drug-likeness (QED) is 0.303. The zero-order valence-electron chi connectivity index (χ0n) is 30.4. The molecule has 0 unspecified atom stereocenters. The highest BCUT2D eigenvalue weighted by atomic mass is 32.2. The van der Waals surface area contributed by atoms with Gasteiger partial charge in [0.15, 0.2) is 0 Å². The van der Waals surface area contributed by atoms with Crippen LogP contribution in [0.4, 0.5) is 4.79 Å². The average molecular weight is 752 g/mol. The number of ether oxygens (including phenoxy) is 2. The predicted octanol–water partition coefficient (Wildman–Crippen LogP) is 3.82. The minimum absolute atomic E-state index is 0.0305. The Labute approximate surface area is 309 Å². The third kappa shape index (κ3) is 7.16. The summed E-state index contributed by atoms with van der Waals surface area (Å²) in [5.41, 5.74) is -0.778. The number of benzene rings is 1. The maximum absolute atomic E-state index is 14.6. The molecular formula is C38H49N5O9S. The van der Waals surface area contributed by atoms with Crippen LogP contribution in [0.5, 0.6) is 11.6 Å². The number of aryl methyl sites for hydroxylation is 1. The van der Waals surface area contributed by atoms with E-state index in [1.54, 1.807) is 6.92 Å². The number of amides is 4. The van der Waals surface area contributed by atoms with Crippen molar-refractivity contribution in [3.8, 4) is 11.6 Å². The Morgan fingerprint density at radius 2 is 1.92 bits per heavy atom. The predicted molar refractivity (Wildman–Crippen MR) is 195 cm³/mol. The molecule has 2 aliphatic carbocycles. The van der Waals surface area contributed by atoms with Gasteiger partial charge in [-0.15, -0.1) is 0 Å². The Bertz CT molecular complexity index is 1950. The number of fused-ring (bicyclic) bond motifs is 5. The third-order valence-corrected chi connectivity index (χ3v) is 14.0. The maximum atomic E-state index is 14.6. The largest absolute Gasteiger partial charge is 0.491 e. The van der Waals surface area contributed by atoms with Crippen LogP contribution in [-0.2, 0) is 30.8 Å². The van der Waals surface area contributed by atoms with Gasteiger partial charge in [0.1, 0.15) is 29.5 Å². The first-order valence-corrected chi connectivity index (χ1v) is 20.3. The number of pyridine rings is 1. The summed E-state index contributed by atoms with van der Waals surface area (Å²) in [4.78, 5) is 61.2. The van der Waals surface area contributed by atoms with Crippen LogP contribution in [0.1, 0.15) is 84.3 Å². The molecule has 0 bridgehead atoms. The molecule has 3 aliphatic heterocycles. The fraction of sp³-hybridized carbons (Fsp3) is 0.605. The molecule has 3 fully saturated rings. The zero-order chi connectivity index (χ0) is 37.7. The van der Waals surface area contributed by atoms with E-state index in [1.807, 2.05) is 43.3 Å². The molecule has 4 heterocycles. The van der Waals surface area contributed by atoms with Crippen LogP contribution in [0.3, 0.4) is 0 Å². The lowest BCUT2D eigenvalue weighted by Gasteiger charge is -2.33. The van der Waals surface area contributed by atoms with Crippen molar-refractivity contribution in [2.75, 3.05) is 13.2 Å². The summed E-state index contributed by atoms with van der Waals surface area (Å²) in [5, 5.41) is 16.8. The normalized spacial score (nSPS) is 31.6. The van der Waals surface area contributed by atoms with E-state index >= 15 is 0 Å². The van der Waals surface area contributed by atoms with Gasteiger partial charge in [0.25, 0.3) is 5.91 Å². The summed E-state index contributed by atoms with van der Waals surface area (Å²) < 4.78 is 40.1. The Hall–Kier alpha value is -4.40. The highest BCUT2D eigenvalue weighted by Crippen LogP contribution is 2.48. The molecule has 1 saturated heterocycles. The summed E-state index contributed by atoms with van der Waals surface area (Å²) in [7, 11) is -4.00. The van der Waals surface area contributed by atoms with Crippen molar-refractivity contribution in [1.29, 1.82) is 0 Å². The highest BCUT2D eigenvalue weighted by molar-refractivity contribution is 7.91. The number of nitrogens with one attached hydrogen (secondary N) is 3. The van der Waals surface area contributed by atoms with Gasteiger partial charge in [-0.2, -0.15) is 0 Å². The number of nitrogens with zero attached hydrogens (tertiary/aromatic N) is 2. The lowest BCUT2D eigenvalue weighted by Crippen LogP contribution is -2.59. The lowest BCUT2D eigenvalue weighted by atomic mass is 9.85. The van der Waals surface area contributed by atoms with Crippen LogP contribution in [0.15, 0.2) is 36.4 Å². The minimum atomic E-state index is -4.00. The first kappa shape index (κ1) is 36.9.